The molecular formula is C14H18N2O5. The summed E-state index contributed by atoms with van der Waals surface area (Å²) >= 11 is 0. The zero-order chi connectivity index (χ0) is 15.7. The molecule has 0 aliphatic carbocycles. The van der Waals surface area contributed by atoms with E-state index in [1.54, 1.807) is 14.0 Å². The maximum absolute atomic E-state index is 12.4. The Morgan fingerprint density at radius 1 is 1.33 bits per heavy atom. The van der Waals surface area contributed by atoms with E-state index in [1.165, 1.54) is 11.5 Å². The van der Waals surface area contributed by atoms with Crippen molar-refractivity contribution in [3.05, 3.63) is 22.5 Å². The van der Waals surface area contributed by atoms with E-state index in [2.05, 4.69) is 5.32 Å². The molecule has 2 rings (SSSR count). The van der Waals surface area contributed by atoms with E-state index in [-0.39, 0.29) is 11.3 Å². The number of carboxylic acid groups (broad SMARTS) is 1. The highest BCUT2D eigenvalue weighted by Crippen LogP contribution is 2.22. The predicted octanol–water partition coefficient (Wildman–Crippen LogP) is 0.0803. The Morgan fingerprint density at radius 2 is 2.00 bits per heavy atom. The first-order valence-electron chi connectivity index (χ1n) is 6.66. The highest BCUT2D eigenvalue weighted by Gasteiger charge is 2.33. The zero-order valence-corrected chi connectivity index (χ0v) is 12.2. The summed E-state index contributed by atoms with van der Waals surface area (Å²) in [7, 11) is 1.56. The summed E-state index contributed by atoms with van der Waals surface area (Å²) < 4.78 is 6.71. The molecule has 1 aliphatic heterocycles. The number of carbonyl (C=O) groups excluding carboxylic acids is 2. The maximum atomic E-state index is 12.4. The van der Waals surface area contributed by atoms with Crippen LogP contribution in [0.3, 0.4) is 0 Å². The molecule has 1 aromatic heterocycles. The maximum Gasteiger partial charge on any atom is 0.352 e. The number of nitrogens with one attached hydrogen (secondary N) is 1. The van der Waals surface area contributed by atoms with Gasteiger partial charge >= 0.3 is 5.97 Å². The summed E-state index contributed by atoms with van der Waals surface area (Å²) in [6.07, 6.45) is -0.807. The molecule has 0 saturated carbocycles. The van der Waals surface area contributed by atoms with Crippen LogP contribution in [0.15, 0.2) is 0 Å². The number of carboxylic acids is 1. The third-order valence-corrected chi connectivity index (χ3v) is 3.80. The Bertz CT molecular complexity index is 611. The summed E-state index contributed by atoms with van der Waals surface area (Å²) in [5.41, 5.74) is 0.956. The number of Topliss-reactive ketones (excluding diaryl/α,β-unsaturated/α-hetero) is 2. The molecule has 1 atom stereocenters. The number of hydrogen-bond acceptors (Lipinski definition) is 5. The Labute approximate surface area is 121 Å². The quantitative estimate of drug-likeness (QED) is 0.603. The molecule has 0 radical (unpaired) electrons. The Balaban J connectivity index is 2.37. The first kappa shape index (κ1) is 15.4. The number of ether oxygens (including phenoxy) is 1. The average Bonchev–Trinajstić information content (AvgIpc) is 2.68. The van der Waals surface area contributed by atoms with Crippen molar-refractivity contribution in [3.8, 4) is 0 Å². The minimum absolute atomic E-state index is 0.0198. The second kappa shape index (κ2) is 5.79. The molecule has 7 heteroatoms. The lowest BCUT2D eigenvalue weighted by Gasteiger charge is -2.21. The monoisotopic (exact) mass is 294 g/mol. The standard InChI is InChI=1S/C14H18N2O5/c1-7-10(8(2)16(3)11(7)14(19)20)13(18)12(17)9-6-15-4-5-21-9/h9,15H,4-6H2,1-3H3,(H,19,20). The number of aromatic carboxylic acids is 1. The van der Waals surface area contributed by atoms with Crippen molar-refractivity contribution in [1.82, 2.24) is 9.88 Å². The van der Waals surface area contributed by atoms with E-state index in [0.717, 1.165) is 0 Å². The van der Waals surface area contributed by atoms with Crippen LogP contribution < -0.4 is 5.32 Å². The Hall–Kier alpha value is -1.99. The van der Waals surface area contributed by atoms with Crippen molar-refractivity contribution in [2.75, 3.05) is 19.7 Å². The van der Waals surface area contributed by atoms with Crippen molar-refractivity contribution in [3.63, 3.8) is 0 Å². The topological polar surface area (TPSA) is 97.6 Å². The van der Waals surface area contributed by atoms with Crippen molar-refractivity contribution in [1.29, 1.82) is 0 Å². The predicted molar refractivity (Wildman–Crippen MR) is 73.8 cm³/mol. The number of carbonyl (C=O) groups is 3. The van der Waals surface area contributed by atoms with Gasteiger partial charge in [-0.2, -0.15) is 0 Å². The van der Waals surface area contributed by atoms with E-state index >= 15 is 0 Å². The first-order chi connectivity index (χ1) is 9.86. The third-order valence-electron chi connectivity index (χ3n) is 3.80. The highest BCUT2D eigenvalue weighted by molar-refractivity contribution is 6.46. The molecule has 1 saturated heterocycles. The molecular weight excluding hydrogens is 276 g/mol. The molecule has 1 aromatic rings. The molecule has 2 heterocycles. The number of rotatable bonds is 4. The van der Waals surface area contributed by atoms with Crippen LogP contribution in [0.5, 0.6) is 0 Å². The van der Waals surface area contributed by atoms with Crippen LogP contribution in [0.25, 0.3) is 0 Å². The first-order valence-corrected chi connectivity index (χ1v) is 6.66. The zero-order valence-electron chi connectivity index (χ0n) is 12.2. The summed E-state index contributed by atoms with van der Waals surface area (Å²) in [5.74, 6) is -2.46. The lowest BCUT2D eigenvalue weighted by atomic mass is 9.99. The molecule has 1 unspecified atom stereocenters. The van der Waals surface area contributed by atoms with E-state index in [4.69, 9.17) is 4.74 Å². The van der Waals surface area contributed by atoms with Crippen molar-refractivity contribution in [2.45, 2.75) is 20.0 Å². The minimum atomic E-state index is -1.12. The Kier molecular flexibility index (Phi) is 4.24. The molecule has 0 spiro atoms. The SMILES string of the molecule is Cc1c(C(=O)C(=O)C2CNCCO2)c(C)n(C)c1C(=O)O. The third kappa shape index (κ3) is 2.62. The summed E-state index contributed by atoms with van der Waals surface area (Å²) in [5, 5.41) is 12.2. The largest absolute Gasteiger partial charge is 0.477 e. The molecule has 0 aromatic carbocycles. The molecule has 21 heavy (non-hydrogen) atoms. The van der Waals surface area contributed by atoms with Gasteiger partial charge in [0.15, 0.2) is 0 Å². The molecule has 2 N–H and O–H groups in total. The van der Waals surface area contributed by atoms with Gasteiger partial charge in [0.2, 0.25) is 11.6 Å². The lowest BCUT2D eigenvalue weighted by Crippen LogP contribution is -2.45. The molecule has 0 amide bonds. The van der Waals surface area contributed by atoms with Gasteiger partial charge in [0, 0.05) is 25.8 Å². The highest BCUT2D eigenvalue weighted by atomic mass is 16.5. The fourth-order valence-corrected chi connectivity index (χ4v) is 2.62. The van der Waals surface area contributed by atoms with Crippen molar-refractivity contribution >= 4 is 17.5 Å². The molecule has 1 fully saturated rings. The van der Waals surface area contributed by atoms with Crippen LogP contribution in [0, 0.1) is 13.8 Å². The smallest absolute Gasteiger partial charge is 0.352 e. The molecule has 0 bridgehead atoms. The summed E-state index contributed by atoms with van der Waals surface area (Å²) in [4.78, 5) is 35.9. The van der Waals surface area contributed by atoms with Gasteiger partial charge in [-0.1, -0.05) is 0 Å². The van der Waals surface area contributed by atoms with Crippen LogP contribution in [-0.4, -0.2) is 53.0 Å². The van der Waals surface area contributed by atoms with Crippen LogP contribution in [0.4, 0.5) is 0 Å². The number of nitrogens with zero attached hydrogens (tertiary/aromatic N) is 1. The van der Waals surface area contributed by atoms with Gasteiger partial charge in [0.1, 0.15) is 11.8 Å². The Morgan fingerprint density at radius 3 is 2.48 bits per heavy atom. The van der Waals surface area contributed by atoms with Gasteiger partial charge in [-0.05, 0) is 19.4 Å². The lowest BCUT2D eigenvalue weighted by molar-refractivity contribution is -0.127. The van der Waals surface area contributed by atoms with E-state index in [1.807, 2.05) is 0 Å². The number of aromatic nitrogens is 1. The van der Waals surface area contributed by atoms with Gasteiger partial charge in [-0.25, -0.2) is 4.79 Å². The van der Waals surface area contributed by atoms with Crippen LogP contribution >= 0.6 is 0 Å². The van der Waals surface area contributed by atoms with Crippen LogP contribution in [0.1, 0.15) is 32.1 Å². The van der Waals surface area contributed by atoms with Crippen LogP contribution in [-0.2, 0) is 16.6 Å². The average molecular weight is 294 g/mol. The second-order valence-corrected chi connectivity index (χ2v) is 5.06. The molecule has 114 valence electrons. The molecule has 1 aliphatic rings. The fraction of sp³-hybridized carbons (Fsp3) is 0.500. The minimum Gasteiger partial charge on any atom is -0.477 e. The number of ketones is 2. The van der Waals surface area contributed by atoms with Crippen molar-refractivity contribution < 1.29 is 24.2 Å². The summed E-state index contributed by atoms with van der Waals surface area (Å²) in [6, 6.07) is 0. The number of morpholine rings is 1. The van der Waals surface area contributed by atoms with Gasteiger partial charge in [-0.15, -0.1) is 0 Å². The summed E-state index contributed by atoms with van der Waals surface area (Å²) in [6.45, 7) is 4.47. The van der Waals surface area contributed by atoms with E-state index < -0.39 is 23.6 Å². The second-order valence-electron chi connectivity index (χ2n) is 5.06. The van der Waals surface area contributed by atoms with Crippen LogP contribution in [0.2, 0.25) is 0 Å². The van der Waals surface area contributed by atoms with Gasteiger partial charge in [0.05, 0.1) is 12.2 Å². The van der Waals surface area contributed by atoms with Crippen molar-refractivity contribution in [2.24, 2.45) is 7.05 Å². The van der Waals surface area contributed by atoms with Gasteiger partial charge < -0.3 is 19.7 Å². The van der Waals surface area contributed by atoms with E-state index in [0.29, 0.717) is 31.0 Å². The van der Waals surface area contributed by atoms with Gasteiger partial charge in [0.25, 0.3) is 0 Å². The molecule has 7 nitrogen and oxygen atoms in total. The number of hydrogen-bond donors (Lipinski definition) is 2. The van der Waals surface area contributed by atoms with E-state index in [9.17, 15) is 19.5 Å². The normalized spacial score (nSPS) is 18.5. The fourth-order valence-electron chi connectivity index (χ4n) is 2.62. The van der Waals surface area contributed by atoms with Gasteiger partial charge in [-0.3, -0.25) is 9.59 Å².